The third-order valence-electron chi connectivity index (χ3n) is 1.01. The summed E-state index contributed by atoms with van der Waals surface area (Å²) in [7, 11) is 0. The maximum atomic E-state index is 10.1. The first kappa shape index (κ1) is 9.21. The van der Waals surface area contributed by atoms with Crippen LogP contribution in [-0.2, 0) is 17.1 Å². The van der Waals surface area contributed by atoms with Crippen LogP contribution < -0.4 is 5.11 Å². The van der Waals surface area contributed by atoms with Gasteiger partial charge >= 0.3 is 0 Å². The molecule has 0 N–H and O–H groups in total. The van der Waals surface area contributed by atoms with Crippen LogP contribution in [-0.4, -0.2) is 5.97 Å². The third kappa shape index (κ3) is 2.21. The van der Waals surface area contributed by atoms with E-state index in [0.29, 0.717) is 0 Å². The van der Waals surface area contributed by atoms with Gasteiger partial charge in [0.05, 0.1) is 5.97 Å². The number of carbonyl (C=O) groups is 1. The van der Waals surface area contributed by atoms with E-state index in [1.54, 1.807) is 18.2 Å². The monoisotopic (exact) mass is 176 g/mol. The van der Waals surface area contributed by atoms with Crippen molar-refractivity contribution in [3.8, 4) is 0 Å². The molecule has 0 aliphatic heterocycles. The van der Waals surface area contributed by atoms with Gasteiger partial charge in [-0.25, -0.2) is 0 Å². The molecule has 0 saturated carbocycles. The Labute approximate surface area is 69.3 Å². The molecule has 1 aromatic rings. The van der Waals surface area contributed by atoms with Crippen LogP contribution in [0, 0.1) is 0 Å². The summed E-state index contributed by atoms with van der Waals surface area (Å²) < 4.78 is 0. The zero-order valence-electron chi connectivity index (χ0n) is 5.08. The Bertz CT molecular complexity index is 208. The molecule has 0 aliphatic carbocycles. The normalized spacial score (nSPS) is 8.00. The van der Waals surface area contributed by atoms with Crippen LogP contribution in [0.5, 0.6) is 0 Å². The minimum absolute atomic E-state index is 0. The van der Waals surface area contributed by atoms with E-state index < -0.39 is 5.97 Å². The SMILES string of the molecule is O=C([O-])c1ccccc1.[Mn]. The smallest absolute Gasteiger partial charge is 0.0715 e. The maximum Gasteiger partial charge on any atom is 0.0715 e. The quantitative estimate of drug-likeness (QED) is 0.567. The summed E-state index contributed by atoms with van der Waals surface area (Å²) in [5.74, 6) is -1.13. The van der Waals surface area contributed by atoms with Crippen LogP contribution in [0.2, 0.25) is 0 Å². The van der Waals surface area contributed by atoms with Crippen molar-refractivity contribution in [1.82, 2.24) is 0 Å². The molecule has 0 fully saturated rings. The molecule has 0 saturated heterocycles. The first-order chi connectivity index (χ1) is 4.30. The molecule has 3 heteroatoms. The van der Waals surface area contributed by atoms with Crippen molar-refractivity contribution in [2.24, 2.45) is 0 Å². The van der Waals surface area contributed by atoms with E-state index in [2.05, 4.69) is 0 Å². The van der Waals surface area contributed by atoms with Gasteiger partial charge in [0.25, 0.3) is 0 Å². The molecule has 53 valence electrons. The van der Waals surface area contributed by atoms with Gasteiger partial charge in [0.15, 0.2) is 0 Å². The van der Waals surface area contributed by atoms with E-state index in [-0.39, 0.29) is 22.6 Å². The number of hydrogen-bond donors (Lipinski definition) is 0. The van der Waals surface area contributed by atoms with E-state index in [0.717, 1.165) is 0 Å². The van der Waals surface area contributed by atoms with Crippen molar-refractivity contribution >= 4 is 5.97 Å². The Balaban J connectivity index is 0.000000810. The fourth-order valence-electron chi connectivity index (χ4n) is 0.574. The van der Waals surface area contributed by atoms with Gasteiger partial charge < -0.3 is 9.90 Å². The molecule has 0 bridgehead atoms. The van der Waals surface area contributed by atoms with Gasteiger partial charge in [-0.3, -0.25) is 0 Å². The number of aromatic carboxylic acids is 1. The van der Waals surface area contributed by atoms with Crippen LogP contribution in [0.4, 0.5) is 0 Å². The number of carboxylic acids is 1. The van der Waals surface area contributed by atoms with Crippen molar-refractivity contribution in [3.05, 3.63) is 35.9 Å². The summed E-state index contributed by atoms with van der Waals surface area (Å²) in [6.45, 7) is 0. The van der Waals surface area contributed by atoms with Gasteiger partial charge in [0, 0.05) is 17.1 Å². The minimum atomic E-state index is -1.13. The van der Waals surface area contributed by atoms with E-state index >= 15 is 0 Å². The molecule has 0 amide bonds. The zero-order chi connectivity index (χ0) is 6.69. The van der Waals surface area contributed by atoms with E-state index in [1.807, 2.05) is 0 Å². The molecular formula is C7H5MnO2-. The zero-order valence-corrected chi connectivity index (χ0v) is 6.26. The maximum absolute atomic E-state index is 10.1. The Hall–Kier alpha value is -0.791. The molecule has 0 aromatic heterocycles. The molecule has 0 aliphatic rings. The minimum Gasteiger partial charge on any atom is -0.545 e. The van der Waals surface area contributed by atoms with E-state index in [9.17, 15) is 9.90 Å². The average Bonchev–Trinajstić information content (AvgIpc) is 1.90. The summed E-state index contributed by atoms with van der Waals surface area (Å²) in [4.78, 5) is 10.1. The Kier molecular flexibility index (Phi) is 3.77. The Morgan fingerprint density at radius 2 is 1.70 bits per heavy atom. The topological polar surface area (TPSA) is 40.1 Å². The first-order valence-corrected chi connectivity index (χ1v) is 2.57. The largest absolute Gasteiger partial charge is 0.545 e. The van der Waals surface area contributed by atoms with Crippen LogP contribution in [0.25, 0.3) is 0 Å². The number of hydrogen-bond acceptors (Lipinski definition) is 2. The van der Waals surface area contributed by atoms with Crippen molar-refractivity contribution in [1.29, 1.82) is 0 Å². The average molecular weight is 176 g/mol. The van der Waals surface area contributed by atoms with Gasteiger partial charge in [-0.05, 0) is 5.56 Å². The molecule has 1 aromatic carbocycles. The molecule has 2 nitrogen and oxygen atoms in total. The molecule has 0 atom stereocenters. The predicted octanol–water partition coefficient (Wildman–Crippen LogP) is 0.0476. The van der Waals surface area contributed by atoms with E-state index in [4.69, 9.17) is 0 Å². The standard InChI is InChI=1S/C7H6O2.Mn/c8-7(9)6-4-2-1-3-5-6;/h1-5H,(H,8,9);/p-1. The first-order valence-electron chi connectivity index (χ1n) is 2.57. The van der Waals surface area contributed by atoms with Crippen molar-refractivity contribution in [3.63, 3.8) is 0 Å². The van der Waals surface area contributed by atoms with Gasteiger partial charge in [-0.2, -0.15) is 0 Å². The van der Waals surface area contributed by atoms with Crippen LogP contribution in [0.15, 0.2) is 30.3 Å². The Morgan fingerprint density at radius 3 is 2.00 bits per heavy atom. The molecule has 1 radical (unpaired) electrons. The molecule has 0 heterocycles. The second-order valence-corrected chi connectivity index (χ2v) is 1.65. The third-order valence-corrected chi connectivity index (χ3v) is 1.01. The van der Waals surface area contributed by atoms with Crippen molar-refractivity contribution in [2.75, 3.05) is 0 Å². The summed E-state index contributed by atoms with van der Waals surface area (Å²) in [6.07, 6.45) is 0. The van der Waals surface area contributed by atoms with Crippen LogP contribution in [0.3, 0.4) is 0 Å². The Morgan fingerprint density at radius 1 is 1.20 bits per heavy atom. The van der Waals surface area contributed by atoms with Crippen LogP contribution in [0.1, 0.15) is 10.4 Å². The molecule has 0 unspecified atom stereocenters. The summed E-state index contributed by atoms with van der Waals surface area (Å²) in [5, 5.41) is 10.1. The number of rotatable bonds is 1. The van der Waals surface area contributed by atoms with Gasteiger partial charge in [0.2, 0.25) is 0 Å². The molecule has 10 heavy (non-hydrogen) atoms. The van der Waals surface area contributed by atoms with E-state index in [1.165, 1.54) is 12.1 Å². The summed E-state index contributed by atoms with van der Waals surface area (Å²) >= 11 is 0. The fraction of sp³-hybridized carbons (Fsp3) is 0. The number of carbonyl (C=O) groups excluding carboxylic acids is 1. The second-order valence-electron chi connectivity index (χ2n) is 1.65. The molecule has 0 spiro atoms. The summed E-state index contributed by atoms with van der Waals surface area (Å²) in [5.41, 5.74) is 0.220. The van der Waals surface area contributed by atoms with Gasteiger partial charge in [-0.1, -0.05) is 30.3 Å². The number of benzene rings is 1. The van der Waals surface area contributed by atoms with Gasteiger partial charge in [-0.15, -0.1) is 0 Å². The fourth-order valence-corrected chi connectivity index (χ4v) is 0.574. The second kappa shape index (κ2) is 4.09. The molecular weight excluding hydrogens is 171 g/mol. The molecule has 1 rings (SSSR count). The summed E-state index contributed by atoms with van der Waals surface area (Å²) in [6, 6.07) is 8.06. The van der Waals surface area contributed by atoms with Crippen molar-refractivity contribution < 1.29 is 27.0 Å². The predicted molar refractivity (Wildman–Crippen MR) is 30.8 cm³/mol. The number of carboxylic acid groups (broad SMARTS) is 1. The van der Waals surface area contributed by atoms with Crippen LogP contribution >= 0.6 is 0 Å². The van der Waals surface area contributed by atoms with Gasteiger partial charge in [0.1, 0.15) is 0 Å². The van der Waals surface area contributed by atoms with Crippen molar-refractivity contribution in [2.45, 2.75) is 0 Å².